The van der Waals surface area contributed by atoms with Gasteiger partial charge in [0.1, 0.15) is 0 Å². The van der Waals surface area contributed by atoms with Gasteiger partial charge in [0, 0.05) is 10.6 Å². The van der Waals surface area contributed by atoms with Gasteiger partial charge in [-0.1, -0.05) is 29.8 Å². The average Bonchev–Trinajstić information content (AvgIpc) is 2.37. The van der Waals surface area contributed by atoms with Crippen LogP contribution in [0.5, 0.6) is 0 Å². The van der Waals surface area contributed by atoms with E-state index in [1.807, 2.05) is 0 Å². The van der Waals surface area contributed by atoms with Gasteiger partial charge >= 0.3 is 6.18 Å². The summed E-state index contributed by atoms with van der Waals surface area (Å²) in [5, 5.41) is 0.453. The fraction of sp³-hybridized carbons (Fsp3) is 0.0714. The van der Waals surface area contributed by atoms with Gasteiger partial charge in [-0.25, -0.2) is 0 Å². The molecule has 0 saturated heterocycles. The van der Waals surface area contributed by atoms with E-state index < -0.39 is 11.7 Å². The second-order valence-corrected chi connectivity index (χ2v) is 4.36. The molecule has 0 fully saturated rings. The molecule has 1 nitrogen and oxygen atoms in total. The fourth-order valence-corrected chi connectivity index (χ4v) is 1.95. The maximum absolute atomic E-state index is 12.6. The van der Waals surface area contributed by atoms with Crippen molar-refractivity contribution in [3.05, 3.63) is 58.6 Å². The highest BCUT2D eigenvalue weighted by molar-refractivity contribution is 6.30. The third-order valence-electron chi connectivity index (χ3n) is 2.64. The van der Waals surface area contributed by atoms with E-state index in [0.717, 1.165) is 12.1 Å². The van der Waals surface area contributed by atoms with E-state index in [1.54, 1.807) is 24.3 Å². The molecule has 0 aliphatic rings. The molecule has 0 atom stereocenters. The molecule has 0 bridgehead atoms. The topological polar surface area (TPSA) is 17.1 Å². The van der Waals surface area contributed by atoms with Crippen molar-refractivity contribution in [3.63, 3.8) is 0 Å². The van der Waals surface area contributed by atoms with Crippen LogP contribution in [0.15, 0.2) is 42.5 Å². The van der Waals surface area contributed by atoms with Gasteiger partial charge in [0.25, 0.3) is 0 Å². The minimum atomic E-state index is -4.47. The van der Waals surface area contributed by atoms with Crippen LogP contribution in [-0.2, 0) is 6.18 Å². The molecule has 0 aliphatic heterocycles. The second-order valence-electron chi connectivity index (χ2n) is 3.93. The Hall–Kier alpha value is -1.81. The van der Waals surface area contributed by atoms with Crippen molar-refractivity contribution in [2.45, 2.75) is 6.18 Å². The number of carbonyl (C=O) groups excluding carboxylic acids is 1. The van der Waals surface area contributed by atoms with Crippen molar-refractivity contribution in [2.24, 2.45) is 0 Å². The minimum Gasteiger partial charge on any atom is -0.298 e. The first-order valence-corrected chi connectivity index (χ1v) is 5.72. The van der Waals surface area contributed by atoms with Crippen molar-refractivity contribution >= 4 is 17.9 Å². The zero-order valence-electron chi connectivity index (χ0n) is 9.54. The largest absolute Gasteiger partial charge is 0.416 e. The number of alkyl halides is 3. The maximum Gasteiger partial charge on any atom is 0.416 e. The number of hydrogen-bond acceptors (Lipinski definition) is 1. The van der Waals surface area contributed by atoms with E-state index in [9.17, 15) is 18.0 Å². The Kier molecular flexibility index (Phi) is 3.62. The molecule has 0 aromatic heterocycles. The standard InChI is InChI=1S/C14H8ClF3O/c15-12-3-1-2-9(7-12)13-5-4-11(14(16,17)18)6-10(13)8-19/h1-8H. The van der Waals surface area contributed by atoms with Crippen LogP contribution in [0, 0.1) is 0 Å². The van der Waals surface area contributed by atoms with Crippen LogP contribution >= 0.6 is 11.6 Å². The molecule has 2 rings (SSSR count). The van der Waals surface area contributed by atoms with Crippen LogP contribution in [0.4, 0.5) is 13.2 Å². The van der Waals surface area contributed by atoms with Crippen molar-refractivity contribution in [1.29, 1.82) is 0 Å². The molecule has 0 spiro atoms. The summed E-state index contributed by atoms with van der Waals surface area (Å²) in [5.41, 5.74) is 0.159. The van der Waals surface area contributed by atoms with E-state index >= 15 is 0 Å². The lowest BCUT2D eigenvalue weighted by atomic mass is 9.98. The zero-order valence-corrected chi connectivity index (χ0v) is 10.3. The lowest BCUT2D eigenvalue weighted by molar-refractivity contribution is -0.137. The van der Waals surface area contributed by atoms with Crippen LogP contribution < -0.4 is 0 Å². The Balaban J connectivity index is 2.56. The molecule has 2 aromatic rings. The van der Waals surface area contributed by atoms with E-state index in [-0.39, 0.29) is 5.56 Å². The summed E-state index contributed by atoms with van der Waals surface area (Å²) in [6.45, 7) is 0. The average molecular weight is 285 g/mol. The van der Waals surface area contributed by atoms with Crippen LogP contribution in [0.3, 0.4) is 0 Å². The SMILES string of the molecule is O=Cc1cc(C(F)(F)F)ccc1-c1cccc(Cl)c1. The zero-order chi connectivity index (χ0) is 14.0. The number of carbonyl (C=O) groups is 1. The van der Waals surface area contributed by atoms with Gasteiger partial charge in [-0.2, -0.15) is 13.2 Å². The van der Waals surface area contributed by atoms with E-state index in [2.05, 4.69) is 0 Å². The molecular formula is C14H8ClF3O. The molecule has 0 unspecified atom stereocenters. The molecule has 98 valence electrons. The summed E-state index contributed by atoms with van der Waals surface area (Å²) in [7, 11) is 0. The van der Waals surface area contributed by atoms with Crippen molar-refractivity contribution < 1.29 is 18.0 Å². The van der Waals surface area contributed by atoms with Gasteiger partial charge in [-0.15, -0.1) is 0 Å². The van der Waals surface area contributed by atoms with Gasteiger partial charge in [-0.05, 0) is 35.4 Å². The first-order valence-electron chi connectivity index (χ1n) is 5.34. The molecular weight excluding hydrogens is 277 g/mol. The Morgan fingerprint density at radius 3 is 2.37 bits per heavy atom. The predicted molar refractivity (Wildman–Crippen MR) is 67.3 cm³/mol. The van der Waals surface area contributed by atoms with Crippen molar-refractivity contribution in [3.8, 4) is 11.1 Å². The first-order chi connectivity index (χ1) is 8.91. The Morgan fingerprint density at radius 1 is 1.05 bits per heavy atom. The molecule has 0 amide bonds. The highest BCUT2D eigenvalue weighted by Gasteiger charge is 2.31. The summed E-state index contributed by atoms with van der Waals surface area (Å²) in [5.74, 6) is 0. The van der Waals surface area contributed by atoms with E-state index in [0.29, 0.717) is 22.4 Å². The van der Waals surface area contributed by atoms with Gasteiger partial charge in [0.05, 0.1) is 5.56 Å². The Bertz CT molecular complexity index is 620. The summed E-state index contributed by atoms with van der Waals surface area (Å²) >= 11 is 5.83. The molecule has 0 aliphatic carbocycles. The first kappa shape index (κ1) is 13.6. The highest BCUT2D eigenvalue weighted by atomic mass is 35.5. The number of rotatable bonds is 2. The summed E-state index contributed by atoms with van der Waals surface area (Å²) in [6, 6.07) is 9.66. The lowest BCUT2D eigenvalue weighted by Gasteiger charge is -2.10. The van der Waals surface area contributed by atoms with Gasteiger partial charge in [-0.3, -0.25) is 4.79 Å². The smallest absolute Gasteiger partial charge is 0.298 e. The molecule has 19 heavy (non-hydrogen) atoms. The van der Waals surface area contributed by atoms with Crippen LogP contribution in [0.1, 0.15) is 15.9 Å². The second kappa shape index (κ2) is 5.05. The fourth-order valence-electron chi connectivity index (χ4n) is 1.76. The predicted octanol–water partition coefficient (Wildman–Crippen LogP) is 4.84. The van der Waals surface area contributed by atoms with Crippen LogP contribution in [-0.4, -0.2) is 6.29 Å². The van der Waals surface area contributed by atoms with Crippen LogP contribution in [0.2, 0.25) is 5.02 Å². The third kappa shape index (κ3) is 2.96. The molecule has 2 aromatic carbocycles. The van der Waals surface area contributed by atoms with Crippen LogP contribution in [0.25, 0.3) is 11.1 Å². The van der Waals surface area contributed by atoms with Gasteiger partial charge in [0.2, 0.25) is 0 Å². The van der Waals surface area contributed by atoms with Crippen molar-refractivity contribution in [1.82, 2.24) is 0 Å². The number of benzene rings is 2. The number of halogens is 4. The van der Waals surface area contributed by atoms with Gasteiger partial charge < -0.3 is 0 Å². The Labute approximate surface area is 112 Å². The monoisotopic (exact) mass is 284 g/mol. The normalized spacial score (nSPS) is 11.4. The molecule has 0 radical (unpaired) electrons. The quantitative estimate of drug-likeness (QED) is 0.721. The lowest BCUT2D eigenvalue weighted by Crippen LogP contribution is -2.05. The summed E-state index contributed by atoms with van der Waals surface area (Å²) in [6.07, 6.45) is -4.06. The molecule has 0 N–H and O–H groups in total. The molecule has 0 saturated carbocycles. The van der Waals surface area contributed by atoms with Gasteiger partial charge in [0.15, 0.2) is 6.29 Å². The summed E-state index contributed by atoms with van der Waals surface area (Å²) < 4.78 is 37.7. The highest BCUT2D eigenvalue weighted by Crippen LogP contribution is 2.33. The third-order valence-corrected chi connectivity index (χ3v) is 2.88. The Morgan fingerprint density at radius 2 is 1.79 bits per heavy atom. The van der Waals surface area contributed by atoms with E-state index in [1.165, 1.54) is 6.07 Å². The molecule has 5 heteroatoms. The maximum atomic E-state index is 12.6. The molecule has 0 heterocycles. The number of hydrogen-bond donors (Lipinski definition) is 0. The van der Waals surface area contributed by atoms with Crippen molar-refractivity contribution in [2.75, 3.05) is 0 Å². The minimum absolute atomic E-state index is 0.0166. The summed E-state index contributed by atoms with van der Waals surface area (Å²) in [4.78, 5) is 11.0. The van der Waals surface area contributed by atoms with E-state index in [4.69, 9.17) is 11.6 Å². The number of aldehydes is 1.